The van der Waals surface area contributed by atoms with E-state index in [1.807, 2.05) is 36.4 Å². The Balaban J connectivity index is 1.40. The number of halogens is 4. The average Bonchev–Trinajstić information content (AvgIpc) is 3.36. The monoisotopic (exact) mass is 477 g/mol. The average molecular weight is 478 g/mol. The van der Waals surface area contributed by atoms with Crippen molar-refractivity contribution in [3.8, 4) is 11.3 Å². The second-order valence-corrected chi connectivity index (χ2v) is 8.43. The number of furan rings is 1. The van der Waals surface area contributed by atoms with Crippen LogP contribution in [0.1, 0.15) is 16.9 Å². The molecular weight excluding hydrogens is 463 g/mol. The SMILES string of the molecule is O=C1N/C(=N\N=C\c2ccc(-c3ccccc3)o2)SC1Cc1ccc(Cl)c(C(F)(F)F)c1. The van der Waals surface area contributed by atoms with Crippen molar-refractivity contribution >= 4 is 40.7 Å². The predicted octanol–water partition coefficient (Wildman–Crippen LogP) is 5.78. The standard InChI is InChI=1S/C22H15ClF3N3O2S/c23-17-8-6-13(10-16(17)22(24,25)26)11-19-20(30)28-21(32-19)29-27-12-15-7-9-18(31-15)14-4-2-1-3-5-14/h1-10,12,19H,11H2,(H,28,29,30)/b27-12+. The molecule has 0 saturated carbocycles. The predicted molar refractivity (Wildman–Crippen MR) is 119 cm³/mol. The van der Waals surface area contributed by atoms with Crippen molar-refractivity contribution in [2.75, 3.05) is 0 Å². The summed E-state index contributed by atoms with van der Waals surface area (Å²) in [5.74, 6) is 0.821. The smallest absolute Gasteiger partial charge is 0.417 e. The molecule has 1 unspecified atom stereocenters. The van der Waals surface area contributed by atoms with Crippen LogP contribution < -0.4 is 5.32 Å². The summed E-state index contributed by atoms with van der Waals surface area (Å²) < 4.78 is 44.8. The van der Waals surface area contributed by atoms with Gasteiger partial charge in [-0.25, -0.2) is 0 Å². The Kier molecular flexibility index (Phi) is 6.38. The lowest BCUT2D eigenvalue weighted by Gasteiger charge is -2.12. The maximum atomic E-state index is 13.0. The number of hydrogen-bond acceptors (Lipinski definition) is 5. The summed E-state index contributed by atoms with van der Waals surface area (Å²) in [6.07, 6.45) is -3.06. The zero-order valence-corrected chi connectivity index (χ0v) is 17.8. The number of amidine groups is 1. The zero-order chi connectivity index (χ0) is 22.7. The van der Waals surface area contributed by atoms with E-state index in [0.717, 1.165) is 23.4 Å². The summed E-state index contributed by atoms with van der Waals surface area (Å²) in [6.45, 7) is 0. The molecule has 1 amide bonds. The number of amides is 1. The number of nitrogens with one attached hydrogen (secondary N) is 1. The molecule has 3 aromatic rings. The van der Waals surface area contributed by atoms with E-state index >= 15 is 0 Å². The van der Waals surface area contributed by atoms with Gasteiger partial charge in [-0.1, -0.05) is 59.8 Å². The fourth-order valence-corrected chi connectivity index (χ4v) is 4.22. The van der Waals surface area contributed by atoms with Crippen LogP contribution in [0.2, 0.25) is 5.02 Å². The van der Waals surface area contributed by atoms with Gasteiger partial charge in [-0.05, 0) is 36.2 Å². The van der Waals surface area contributed by atoms with Gasteiger partial charge < -0.3 is 9.73 Å². The normalized spacial score (nSPS) is 17.9. The fraction of sp³-hybridized carbons (Fsp3) is 0.136. The van der Waals surface area contributed by atoms with Crippen LogP contribution in [0.4, 0.5) is 13.2 Å². The van der Waals surface area contributed by atoms with Crippen molar-refractivity contribution in [3.05, 3.63) is 82.6 Å². The van der Waals surface area contributed by atoms with E-state index in [1.165, 1.54) is 18.3 Å². The lowest BCUT2D eigenvalue weighted by atomic mass is 10.1. The second-order valence-electron chi connectivity index (χ2n) is 6.83. The van der Waals surface area contributed by atoms with Crippen LogP contribution in [0.3, 0.4) is 0 Å². The first-order valence-corrected chi connectivity index (χ1v) is 10.6. The van der Waals surface area contributed by atoms with E-state index in [2.05, 4.69) is 15.5 Å². The molecule has 32 heavy (non-hydrogen) atoms. The van der Waals surface area contributed by atoms with Crippen LogP contribution in [0.5, 0.6) is 0 Å². The molecule has 1 aromatic heterocycles. The molecule has 0 bridgehead atoms. The van der Waals surface area contributed by atoms with Crippen molar-refractivity contribution in [1.82, 2.24) is 5.32 Å². The molecule has 1 fully saturated rings. The molecule has 0 aliphatic carbocycles. The summed E-state index contributed by atoms with van der Waals surface area (Å²) in [7, 11) is 0. The lowest BCUT2D eigenvalue weighted by molar-refractivity contribution is -0.137. The quantitative estimate of drug-likeness (QED) is 0.374. The minimum Gasteiger partial charge on any atom is -0.455 e. The Morgan fingerprint density at radius 1 is 1.12 bits per heavy atom. The number of nitrogens with zero attached hydrogens (tertiary/aromatic N) is 2. The zero-order valence-electron chi connectivity index (χ0n) is 16.3. The highest BCUT2D eigenvalue weighted by Gasteiger charge is 2.35. The van der Waals surface area contributed by atoms with Gasteiger partial charge in [-0.2, -0.15) is 18.3 Å². The van der Waals surface area contributed by atoms with Crippen molar-refractivity contribution < 1.29 is 22.4 Å². The molecule has 1 saturated heterocycles. The van der Waals surface area contributed by atoms with E-state index in [9.17, 15) is 18.0 Å². The second kappa shape index (κ2) is 9.22. The van der Waals surface area contributed by atoms with Crippen molar-refractivity contribution in [2.45, 2.75) is 17.8 Å². The Hall–Kier alpha value is -3.04. The third-order valence-electron chi connectivity index (χ3n) is 4.55. The Bertz CT molecular complexity index is 1190. The van der Waals surface area contributed by atoms with E-state index in [-0.39, 0.29) is 22.5 Å². The van der Waals surface area contributed by atoms with Gasteiger partial charge in [0.05, 0.1) is 22.1 Å². The third-order valence-corrected chi connectivity index (χ3v) is 5.95. The Morgan fingerprint density at radius 2 is 1.91 bits per heavy atom. The molecule has 164 valence electrons. The summed E-state index contributed by atoms with van der Waals surface area (Å²) in [5, 5.41) is 9.74. The highest BCUT2D eigenvalue weighted by molar-refractivity contribution is 8.15. The van der Waals surface area contributed by atoms with Gasteiger partial charge in [-0.3, -0.25) is 4.79 Å². The molecule has 2 heterocycles. The molecular formula is C22H15ClF3N3O2S. The Labute approximate surface area is 190 Å². The van der Waals surface area contributed by atoms with Crippen molar-refractivity contribution in [1.29, 1.82) is 0 Å². The molecule has 2 aromatic carbocycles. The van der Waals surface area contributed by atoms with Gasteiger partial charge in [0.1, 0.15) is 11.5 Å². The number of alkyl halides is 3. The maximum Gasteiger partial charge on any atom is 0.417 e. The largest absolute Gasteiger partial charge is 0.455 e. The summed E-state index contributed by atoms with van der Waals surface area (Å²) in [6, 6.07) is 16.7. The van der Waals surface area contributed by atoms with Crippen LogP contribution >= 0.6 is 23.4 Å². The molecule has 5 nitrogen and oxygen atoms in total. The van der Waals surface area contributed by atoms with Crippen LogP contribution in [0.15, 0.2) is 75.3 Å². The van der Waals surface area contributed by atoms with E-state index < -0.39 is 17.0 Å². The van der Waals surface area contributed by atoms with Gasteiger partial charge in [0.2, 0.25) is 5.91 Å². The van der Waals surface area contributed by atoms with E-state index in [0.29, 0.717) is 17.1 Å². The van der Waals surface area contributed by atoms with Crippen LogP contribution in [0.25, 0.3) is 11.3 Å². The molecule has 1 N–H and O–H groups in total. The molecule has 1 atom stereocenters. The highest BCUT2D eigenvalue weighted by Crippen LogP contribution is 2.36. The molecule has 0 radical (unpaired) electrons. The number of benzene rings is 2. The Morgan fingerprint density at radius 3 is 2.66 bits per heavy atom. The van der Waals surface area contributed by atoms with E-state index in [1.54, 1.807) is 6.07 Å². The molecule has 4 rings (SSSR count). The number of rotatable bonds is 5. The van der Waals surface area contributed by atoms with E-state index in [4.69, 9.17) is 16.0 Å². The first kappa shape index (κ1) is 22.2. The molecule has 1 aliphatic rings. The van der Waals surface area contributed by atoms with Crippen LogP contribution in [-0.4, -0.2) is 22.5 Å². The molecule has 10 heteroatoms. The molecule has 0 spiro atoms. The van der Waals surface area contributed by atoms with Crippen LogP contribution in [-0.2, 0) is 17.4 Å². The van der Waals surface area contributed by atoms with Gasteiger partial charge >= 0.3 is 6.18 Å². The minimum atomic E-state index is -4.56. The van der Waals surface area contributed by atoms with Crippen LogP contribution in [0, 0.1) is 0 Å². The third kappa shape index (κ3) is 5.23. The van der Waals surface area contributed by atoms with Gasteiger partial charge in [0.25, 0.3) is 0 Å². The van der Waals surface area contributed by atoms with Crippen molar-refractivity contribution in [3.63, 3.8) is 0 Å². The summed E-state index contributed by atoms with van der Waals surface area (Å²) in [4.78, 5) is 12.2. The minimum absolute atomic E-state index is 0.0953. The first-order chi connectivity index (χ1) is 15.3. The van der Waals surface area contributed by atoms with Crippen molar-refractivity contribution in [2.24, 2.45) is 10.2 Å². The maximum absolute atomic E-state index is 13.0. The molecule has 1 aliphatic heterocycles. The summed E-state index contributed by atoms with van der Waals surface area (Å²) >= 11 is 6.75. The topological polar surface area (TPSA) is 67.0 Å². The fourth-order valence-electron chi connectivity index (χ4n) is 3.04. The lowest BCUT2D eigenvalue weighted by Crippen LogP contribution is -2.26. The van der Waals surface area contributed by atoms with Gasteiger partial charge in [-0.15, -0.1) is 5.10 Å². The number of hydrogen-bond donors (Lipinski definition) is 1. The highest BCUT2D eigenvalue weighted by atomic mass is 35.5. The van der Waals surface area contributed by atoms with Gasteiger partial charge in [0, 0.05) is 5.56 Å². The first-order valence-electron chi connectivity index (χ1n) is 9.39. The summed E-state index contributed by atoms with van der Waals surface area (Å²) in [5.41, 5.74) is 0.353. The number of carbonyl (C=O) groups excluding carboxylic acids is 1. The van der Waals surface area contributed by atoms with Gasteiger partial charge in [0.15, 0.2) is 5.17 Å². The number of carbonyl (C=O) groups is 1. The number of thioether (sulfide) groups is 1.